The zero-order valence-corrected chi connectivity index (χ0v) is 11.4. The largest absolute Gasteiger partial charge is 0.390 e. The van der Waals surface area contributed by atoms with Crippen molar-refractivity contribution in [2.45, 2.75) is 75.6 Å². The van der Waals surface area contributed by atoms with Gasteiger partial charge < -0.3 is 39.7 Å². The van der Waals surface area contributed by atoms with Crippen LogP contribution >= 0.6 is 0 Å². The fourth-order valence-corrected chi connectivity index (χ4v) is 2.39. The number of hydrogen-bond donors (Lipinski definition) is 5. The maximum atomic E-state index is 9.95. The summed E-state index contributed by atoms with van der Waals surface area (Å²) in [6.45, 7) is 3.15. The van der Waals surface area contributed by atoms with Crippen LogP contribution in [0.15, 0.2) is 0 Å². The summed E-state index contributed by atoms with van der Waals surface area (Å²) in [5, 5.41) is 48.7. The first-order valence-corrected chi connectivity index (χ1v) is 6.68. The second-order valence-electron chi connectivity index (χ2n) is 5.39. The van der Waals surface area contributed by atoms with Crippen molar-refractivity contribution >= 4 is 0 Å². The molecule has 2 rings (SSSR count). The quantitative estimate of drug-likeness (QED) is 0.384. The van der Waals surface area contributed by atoms with Crippen LogP contribution in [0.25, 0.3) is 0 Å². The lowest BCUT2D eigenvalue weighted by Crippen LogP contribution is -2.60. The summed E-state index contributed by atoms with van der Waals surface area (Å²) in [6.07, 6.45) is -9.47. The first kappa shape index (κ1) is 16.1. The summed E-state index contributed by atoms with van der Waals surface area (Å²) in [6, 6.07) is 0. The van der Waals surface area contributed by atoms with E-state index in [0.717, 1.165) is 0 Å². The van der Waals surface area contributed by atoms with Crippen molar-refractivity contribution in [3.05, 3.63) is 0 Å². The van der Waals surface area contributed by atoms with E-state index in [2.05, 4.69) is 0 Å². The van der Waals surface area contributed by atoms with Crippen LogP contribution < -0.4 is 0 Å². The molecule has 118 valence electrons. The number of ether oxygens (including phenoxy) is 3. The molecule has 5 N–H and O–H groups in total. The van der Waals surface area contributed by atoms with Crippen LogP contribution in [0.5, 0.6) is 0 Å². The zero-order chi connectivity index (χ0) is 15.0. The molecule has 0 aromatic carbocycles. The highest BCUT2D eigenvalue weighted by Crippen LogP contribution is 2.27. The Kier molecular flexibility index (Phi) is 4.98. The molecule has 9 atom stereocenters. The first-order valence-electron chi connectivity index (χ1n) is 6.68. The van der Waals surface area contributed by atoms with Crippen molar-refractivity contribution < 1.29 is 39.7 Å². The Morgan fingerprint density at radius 2 is 1.50 bits per heavy atom. The maximum Gasteiger partial charge on any atom is 0.184 e. The van der Waals surface area contributed by atoms with Crippen molar-refractivity contribution in [1.82, 2.24) is 0 Å². The number of hydrogen-bond acceptors (Lipinski definition) is 8. The van der Waals surface area contributed by atoms with Gasteiger partial charge in [0.25, 0.3) is 0 Å². The lowest BCUT2D eigenvalue weighted by atomic mass is 9.99. The molecule has 2 saturated heterocycles. The summed E-state index contributed by atoms with van der Waals surface area (Å²) in [7, 11) is 0. The van der Waals surface area contributed by atoms with Gasteiger partial charge in [-0.2, -0.15) is 0 Å². The number of aliphatic hydroxyl groups is 5. The molecular weight excluding hydrogens is 272 g/mol. The van der Waals surface area contributed by atoms with Gasteiger partial charge in [0.15, 0.2) is 12.6 Å². The number of rotatable bonds is 2. The molecule has 8 heteroatoms. The Morgan fingerprint density at radius 1 is 0.850 bits per heavy atom. The smallest absolute Gasteiger partial charge is 0.184 e. The van der Waals surface area contributed by atoms with Gasteiger partial charge in [-0.1, -0.05) is 0 Å². The van der Waals surface area contributed by atoms with E-state index in [1.54, 1.807) is 6.92 Å². The third-order valence-electron chi connectivity index (χ3n) is 3.78. The van der Waals surface area contributed by atoms with Crippen LogP contribution in [0.4, 0.5) is 0 Å². The Bertz CT molecular complexity index is 313. The molecule has 0 aromatic rings. The normalized spacial score (nSPS) is 53.9. The summed E-state index contributed by atoms with van der Waals surface area (Å²) in [5.74, 6) is 0. The second kappa shape index (κ2) is 6.20. The van der Waals surface area contributed by atoms with Gasteiger partial charge >= 0.3 is 0 Å². The molecule has 0 aromatic heterocycles. The van der Waals surface area contributed by atoms with Gasteiger partial charge in [-0.05, 0) is 13.8 Å². The number of aliphatic hydroxyl groups excluding tert-OH is 5. The van der Waals surface area contributed by atoms with Crippen LogP contribution in [0, 0.1) is 0 Å². The van der Waals surface area contributed by atoms with Crippen molar-refractivity contribution in [3.63, 3.8) is 0 Å². The van der Waals surface area contributed by atoms with E-state index in [-0.39, 0.29) is 6.42 Å². The Hall–Kier alpha value is -0.320. The third-order valence-corrected chi connectivity index (χ3v) is 3.78. The predicted molar refractivity (Wildman–Crippen MR) is 64.4 cm³/mol. The van der Waals surface area contributed by atoms with Crippen molar-refractivity contribution in [2.24, 2.45) is 0 Å². The predicted octanol–water partition coefficient (Wildman–Crippen LogP) is -2.31. The lowest BCUT2D eigenvalue weighted by molar-refractivity contribution is -0.338. The standard InChI is InChI=1S/C12H22O8/c1-4-6(13)3-7(14)12(19-4)20-10-8(15)5(2)18-11(17)9(10)16/h4-17H,3H2,1-2H3/t4-,5+,6-,7-,8+,9-,10-,11?,12-/m1/s1. The minimum atomic E-state index is -1.48. The topological polar surface area (TPSA) is 129 Å². The average molecular weight is 294 g/mol. The molecule has 2 aliphatic heterocycles. The summed E-state index contributed by atoms with van der Waals surface area (Å²) >= 11 is 0. The van der Waals surface area contributed by atoms with E-state index in [1.165, 1.54) is 6.92 Å². The molecule has 0 amide bonds. The lowest BCUT2D eigenvalue weighted by Gasteiger charge is -2.43. The van der Waals surface area contributed by atoms with Crippen LogP contribution in [0.2, 0.25) is 0 Å². The molecule has 0 bridgehead atoms. The monoisotopic (exact) mass is 294 g/mol. The third kappa shape index (κ3) is 3.12. The molecular formula is C12H22O8. The Morgan fingerprint density at radius 3 is 2.15 bits per heavy atom. The average Bonchev–Trinajstić information content (AvgIpc) is 2.38. The molecule has 8 nitrogen and oxygen atoms in total. The van der Waals surface area contributed by atoms with Gasteiger partial charge in [0.2, 0.25) is 0 Å². The molecule has 2 heterocycles. The highest BCUT2D eigenvalue weighted by atomic mass is 16.7. The van der Waals surface area contributed by atoms with Gasteiger partial charge in [-0.25, -0.2) is 0 Å². The van der Waals surface area contributed by atoms with E-state index in [4.69, 9.17) is 14.2 Å². The maximum absolute atomic E-state index is 9.95. The van der Waals surface area contributed by atoms with E-state index in [9.17, 15) is 25.5 Å². The Balaban J connectivity index is 2.03. The van der Waals surface area contributed by atoms with Gasteiger partial charge in [-0.15, -0.1) is 0 Å². The van der Waals surface area contributed by atoms with Gasteiger partial charge in [-0.3, -0.25) is 0 Å². The van der Waals surface area contributed by atoms with Crippen molar-refractivity contribution in [3.8, 4) is 0 Å². The molecule has 20 heavy (non-hydrogen) atoms. The summed E-state index contributed by atoms with van der Waals surface area (Å²) in [4.78, 5) is 0. The van der Waals surface area contributed by atoms with E-state index in [1.807, 2.05) is 0 Å². The summed E-state index contributed by atoms with van der Waals surface area (Å²) < 4.78 is 15.6. The summed E-state index contributed by atoms with van der Waals surface area (Å²) in [5.41, 5.74) is 0. The molecule has 2 aliphatic rings. The van der Waals surface area contributed by atoms with Crippen LogP contribution in [-0.4, -0.2) is 80.8 Å². The van der Waals surface area contributed by atoms with E-state index >= 15 is 0 Å². The zero-order valence-electron chi connectivity index (χ0n) is 11.4. The highest BCUT2D eigenvalue weighted by Gasteiger charge is 2.46. The first-order chi connectivity index (χ1) is 9.31. The fraction of sp³-hybridized carbons (Fsp3) is 1.00. The minimum Gasteiger partial charge on any atom is -0.390 e. The fourth-order valence-electron chi connectivity index (χ4n) is 2.39. The van der Waals surface area contributed by atoms with E-state index < -0.39 is 55.3 Å². The van der Waals surface area contributed by atoms with Crippen LogP contribution in [-0.2, 0) is 14.2 Å². The molecule has 0 aliphatic carbocycles. The minimum absolute atomic E-state index is 0.0688. The van der Waals surface area contributed by atoms with Crippen LogP contribution in [0.3, 0.4) is 0 Å². The molecule has 0 saturated carbocycles. The van der Waals surface area contributed by atoms with Crippen molar-refractivity contribution in [2.75, 3.05) is 0 Å². The van der Waals surface area contributed by atoms with Crippen molar-refractivity contribution in [1.29, 1.82) is 0 Å². The molecule has 1 unspecified atom stereocenters. The van der Waals surface area contributed by atoms with Gasteiger partial charge in [0, 0.05) is 6.42 Å². The molecule has 2 fully saturated rings. The van der Waals surface area contributed by atoms with Crippen LogP contribution in [0.1, 0.15) is 20.3 Å². The molecule has 0 radical (unpaired) electrons. The van der Waals surface area contributed by atoms with Gasteiger partial charge in [0.1, 0.15) is 24.4 Å². The van der Waals surface area contributed by atoms with Gasteiger partial charge in [0.05, 0.1) is 18.3 Å². The molecule has 0 spiro atoms. The second-order valence-corrected chi connectivity index (χ2v) is 5.39. The SMILES string of the molecule is C[C@@H]1OC(O)[C@H](O)[C@H](O[C@H]2O[C@H](C)[C@H](O)C[C@H]2O)[C@H]1O. The van der Waals surface area contributed by atoms with E-state index in [0.29, 0.717) is 0 Å². The Labute approximate surface area is 116 Å². The highest BCUT2D eigenvalue weighted by molar-refractivity contribution is 4.89.